The first-order valence-corrected chi connectivity index (χ1v) is 11.9. The average molecular weight is 468 g/mol. The zero-order valence-corrected chi connectivity index (χ0v) is 20.1. The molecule has 0 unspecified atom stereocenters. The van der Waals surface area contributed by atoms with E-state index in [1.165, 1.54) is 17.6 Å². The summed E-state index contributed by atoms with van der Waals surface area (Å²) in [6.07, 6.45) is 1.18. The fraction of sp³-hybridized carbons (Fsp3) is 0.333. The molecule has 0 bridgehead atoms. The molecule has 9 heteroatoms. The Bertz CT molecular complexity index is 1170. The molecule has 6 nitrogen and oxygen atoms in total. The molecule has 0 radical (unpaired) electrons. The molecule has 0 aliphatic heterocycles. The molecule has 30 heavy (non-hydrogen) atoms. The summed E-state index contributed by atoms with van der Waals surface area (Å²) in [5.74, 6) is -0.105. The number of halogens is 1. The molecule has 0 aliphatic rings. The maximum absolute atomic E-state index is 13.4. The van der Waals surface area contributed by atoms with E-state index in [1.54, 1.807) is 23.1 Å². The van der Waals surface area contributed by atoms with Gasteiger partial charge in [-0.15, -0.1) is 12.4 Å². The van der Waals surface area contributed by atoms with Gasteiger partial charge in [0.2, 0.25) is 0 Å². The SMILES string of the molecule is Cc1ccc(C(=O)N(CCN(C)C)c2nc3ccc(S(C)(=O)=O)cc3s2)c(C)c1.Cl. The number of thiazole rings is 1. The van der Waals surface area contributed by atoms with Gasteiger partial charge in [0, 0.05) is 24.9 Å². The van der Waals surface area contributed by atoms with Gasteiger partial charge in [0.15, 0.2) is 15.0 Å². The van der Waals surface area contributed by atoms with Crippen LogP contribution in [0.5, 0.6) is 0 Å². The molecule has 2 aromatic carbocycles. The number of anilines is 1. The summed E-state index contributed by atoms with van der Waals surface area (Å²) in [7, 11) is 0.606. The van der Waals surface area contributed by atoms with Crippen LogP contribution >= 0.6 is 23.7 Å². The maximum atomic E-state index is 13.4. The zero-order valence-electron chi connectivity index (χ0n) is 17.7. The van der Waals surface area contributed by atoms with Crippen LogP contribution in [0.2, 0.25) is 0 Å². The number of aromatic nitrogens is 1. The van der Waals surface area contributed by atoms with Gasteiger partial charge < -0.3 is 4.90 Å². The molecular weight excluding hydrogens is 442 g/mol. The monoisotopic (exact) mass is 467 g/mol. The third kappa shape index (κ3) is 5.37. The van der Waals surface area contributed by atoms with E-state index in [4.69, 9.17) is 0 Å². The van der Waals surface area contributed by atoms with E-state index in [0.29, 0.717) is 29.3 Å². The van der Waals surface area contributed by atoms with E-state index in [0.717, 1.165) is 15.8 Å². The van der Waals surface area contributed by atoms with Crippen LogP contribution < -0.4 is 4.90 Å². The minimum Gasteiger partial charge on any atom is -0.308 e. The Balaban J connectivity index is 0.00000320. The summed E-state index contributed by atoms with van der Waals surface area (Å²) in [4.78, 5) is 21.9. The Morgan fingerprint density at radius 1 is 1.07 bits per heavy atom. The Kier molecular flexibility index (Phi) is 7.63. The highest BCUT2D eigenvalue weighted by Gasteiger charge is 2.23. The molecule has 1 amide bonds. The number of carbonyl (C=O) groups is 1. The van der Waals surface area contributed by atoms with Gasteiger partial charge in [0.25, 0.3) is 5.91 Å². The lowest BCUT2D eigenvalue weighted by Crippen LogP contribution is -2.37. The third-order valence-electron chi connectivity index (χ3n) is 4.64. The van der Waals surface area contributed by atoms with Crippen LogP contribution in [0.25, 0.3) is 10.2 Å². The molecular formula is C21H26ClN3O3S2. The second-order valence-electron chi connectivity index (χ2n) is 7.48. The number of aryl methyl sites for hydroxylation is 2. The molecule has 0 spiro atoms. The number of benzene rings is 2. The molecule has 0 saturated carbocycles. The fourth-order valence-electron chi connectivity index (χ4n) is 3.02. The minimum atomic E-state index is -3.30. The predicted octanol–water partition coefficient (Wildman–Crippen LogP) is 3.95. The van der Waals surface area contributed by atoms with E-state index in [-0.39, 0.29) is 23.2 Å². The van der Waals surface area contributed by atoms with Crippen molar-refractivity contribution in [2.75, 3.05) is 38.3 Å². The smallest absolute Gasteiger partial charge is 0.260 e. The van der Waals surface area contributed by atoms with E-state index in [1.807, 2.05) is 51.0 Å². The number of carbonyl (C=O) groups excluding carboxylic acids is 1. The second-order valence-corrected chi connectivity index (χ2v) is 10.5. The van der Waals surface area contributed by atoms with E-state index >= 15 is 0 Å². The van der Waals surface area contributed by atoms with E-state index in [9.17, 15) is 13.2 Å². The summed E-state index contributed by atoms with van der Waals surface area (Å²) in [5.41, 5.74) is 3.35. The van der Waals surface area contributed by atoms with Crippen molar-refractivity contribution in [1.82, 2.24) is 9.88 Å². The van der Waals surface area contributed by atoms with Crippen molar-refractivity contribution in [2.45, 2.75) is 18.7 Å². The Hall–Kier alpha value is -2.00. The number of amides is 1. The number of fused-ring (bicyclic) bond motifs is 1. The van der Waals surface area contributed by atoms with Crippen LogP contribution in [0.1, 0.15) is 21.5 Å². The van der Waals surface area contributed by atoms with Gasteiger partial charge >= 0.3 is 0 Å². The van der Waals surface area contributed by atoms with Crippen molar-refractivity contribution in [3.63, 3.8) is 0 Å². The third-order valence-corrected chi connectivity index (χ3v) is 6.79. The summed E-state index contributed by atoms with van der Waals surface area (Å²) >= 11 is 1.33. The van der Waals surface area contributed by atoms with E-state index in [2.05, 4.69) is 4.98 Å². The molecule has 162 valence electrons. The van der Waals surface area contributed by atoms with Crippen LogP contribution in [0.4, 0.5) is 5.13 Å². The van der Waals surface area contributed by atoms with Gasteiger partial charge in [-0.05, 0) is 57.8 Å². The van der Waals surface area contributed by atoms with Gasteiger partial charge in [-0.2, -0.15) is 0 Å². The fourth-order valence-corrected chi connectivity index (χ4v) is 4.77. The van der Waals surface area contributed by atoms with Crippen LogP contribution in [0.15, 0.2) is 41.3 Å². The van der Waals surface area contributed by atoms with E-state index < -0.39 is 9.84 Å². The lowest BCUT2D eigenvalue weighted by atomic mass is 10.0. The number of likely N-dealkylation sites (N-methyl/N-ethyl adjacent to an activating group) is 1. The molecule has 0 fully saturated rings. The van der Waals surface area contributed by atoms with Crippen molar-refractivity contribution in [1.29, 1.82) is 0 Å². The van der Waals surface area contributed by atoms with Crippen molar-refractivity contribution in [2.24, 2.45) is 0 Å². The number of sulfone groups is 1. The van der Waals surface area contributed by atoms with Gasteiger partial charge in [-0.1, -0.05) is 29.0 Å². The molecule has 0 N–H and O–H groups in total. The summed E-state index contributed by atoms with van der Waals surface area (Å²) in [6, 6.07) is 10.6. The van der Waals surface area contributed by atoms with Crippen molar-refractivity contribution >= 4 is 54.8 Å². The van der Waals surface area contributed by atoms with Crippen LogP contribution in [0.3, 0.4) is 0 Å². The topological polar surface area (TPSA) is 70.6 Å². The first-order valence-electron chi connectivity index (χ1n) is 9.21. The number of rotatable bonds is 6. The highest BCUT2D eigenvalue weighted by molar-refractivity contribution is 7.90. The summed E-state index contributed by atoms with van der Waals surface area (Å²) in [5, 5.41) is 0.567. The maximum Gasteiger partial charge on any atom is 0.260 e. The predicted molar refractivity (Wildman–Crippen MR) is 126 cm³/mol. The molecule has 1 heterocycles. The first kappa shape index (κ1) is 24.3. The molecule has 0 atom stereocenters. The first-order chi connectivity index (χ1) is 13.6. The zero-order chi connectivity index (χ0) is 21.3. The number of hydrogen-bond donors (Lipinski definition) is 0. The lowest BCUT2D eigenvalue weighted by molar-refractivity contribution is 0.0984. The molecule has 3 rings (SSSR count). The lowest BCUT2D eigenvalue weighted by Gasteiger charge is -2.22. The second kappa shape index (κ2) is 9.43. The summed E-state index contributed by atoms with van der Waals surface area (Å²) in [6.45, 7) is 5.10. The highest BCUT2D eigenvalue weighted by Crippen LogP contribution is 2.31. The van der Waals surface area contributed by atoms with Crippen LogP contribution in [0, 0.1) is 13.8 Å². The summed E-state index contributed by atoms with van der Waals surface area (Å²) < 4.78 is 24.5. The highest BCUT2D eigenvalue weighted by atomic mass is 35.5. The molecule has 0 saturated heterocycles. The van der Waals surface area contributed by atoms with Crippen LogP contribution in [-0.4, -0.2) is 57.6 Å². The Morgan fingerprint density at radius 3 is 2.37 bits per heavy atom. The molecule has 0 aliphatic carbocycles. The van der Waals surface area contributed by atoms with Gasteiger partial charge in [-0.25, -0.2) is 13.4 Å². The molecule has 1 aromatic heterocycles. The largest absolute Gasteiger partial charge is 0.308 e. The molecule has 3 aromatic rings. The minimum absolute atomic E-state index is 0. The quantitative estimate of drug-likeness (QED) is 0.549. The van der Waals surface area contributed by atoms with Gasteiger partial charge in [0.1, 0.15) is 0 Å². The van der Waals surface area contributed by atoms with Crippen molar-refractivity contribution in [3.8, 4) is 0 Å². The number of hydrogen-bond acceptors (Lipinski definition) is 6. The van der Waals surface area contributed by atoms with Crippen LogP contribution in [-0.2, 0) is 9.84 Å². The Morgan fingerprint density at radius 2 is 1.77 bits per heavy atom. The standard InChI is InChI=1S/C21H25N3O3S2.ClH/c1-14-6-8-17(15(2)12-14)20(25)24(11-10-23(3)4)21-22-18-9-7-16(29(5,26)27)13-19(18)28-21;/h6-9,12-13H,10-11H2,1-5H3;1H. The van der Waals surface area contributed by atoms with Crippen molar-refractivity contribution in [3.05, 3.63) is 53.1 Å². The van der Waals surface area contributed by atoms with Gasteiger partial charge in [-0.3, -0.25) is 9.69 Å². The van der Waals surface area contributed by atoms with Gasteiger partial charge in [0.05, 0.1) is 15.1 Å². The number of nitrogens with zero attached hydrogens (tertiary/aromatic N) is 3. The Labute approximate surface area is 187 Å². The van der Waals surface area contributed by atoms with Crippen molar-refractivity contribution < 1.29 is 13.2 Å². The average Bonchev–Trinajstić information content (AvgIpc) is 3.03. The normalized spacial score (nSPS) is 11.5.